The maximum absolute atomic E-state index is 6.78. The SMILES string of the molecule is CC1(Cc2ccco2)OC(CCc2ncc[nH]2)=C(Cc2ccn[nH]2)C1CCc1ccn[nH]1. The van der Waals surface area contributed by atoms with Crippen LogP contribution in [0.4, 0.5) is 0 Å². The third kappa shape index (κ3) is 4.39. The van der Waals surface area contributed by atoms with E-state index in [-0.39, 0.29) is 5.92 Å². The van der Waals surface area contributed by atoms with Crippen molar-refractivity contribution < 1.29 is 9.15 Å². The second-order valence-corrected chi connectivity index (χ2v) is 8.59. The fraction of sp³-hybridized carbons (Fsp3) is 0.375. The van der Waals surface area contributed by atoms with Crippen molar-refractivity contribution in [3.63, 3.8) is 0 Å². The molecule has 2 unspecified atom stereocenters. The summed E-state index contributed by atoms with van der Waals surface area (Å²) in [5.41, 5.74) is 3.16. The van der Waals surface area contributed by atoms with Gasteiger partial charge >= 0.3 is 0 Å². The molecule has 4 aromatic rings. The first kappa shape index (κ1) is 20.4. The van der Waals surface area contributed by atoms with Crippen molar-refractivity contribution >= 4 is 0 Å². The zero-order valence-corrected chi connectivity index (χ0v) is 18.2. The number of nitrogens with one attached hydrogen (secondary N) is 3. The summed E-state index contributed by atoms with van der Waals surface area (Å²) in [7, 11) is 0. The molecule has 0 radical (unpaired) electrons. The molecule has 0 spiro atoms. The minimum absolute atomic E-state index is 0.228. The van der Waals surface area contributed by atoms with E-state index in [2.05, 4.69) is 37.3 Å². The highest BCUT2D eigenvalue weighted by molar-refractivity contribution is 5.29. The summed E-state index contributed by atoms with van der Waals surface area (Å²) in [6, 6.07) is 8.03. The van der Waals surface area contributed by atoms with E-state index in [9.17, 15) is 0 Å². The van der Waals surface area contributed by atoms with Gasteiger partial charge in [-0.15, -0.1) is 0 Å². The third-order valence-corrected chi connectivity index (χ3v) is 6.32. The van der Waals surface area contributed by atoms with E-state index >= 15 is 0 Å². The van der Waals surface area contributed by atoms with Crippen LogP contribution >= 0.6 is 0 Å². The Labute approximate surface area is 186 Å². The number of aromatic amines is 3. The Kier molecular flexibility index (Phi) is 5.66. The number of H-pyrrole nitrogens is 3. The summed E-state index contributed by atoms with van der Waals surface area (Å²) < 4.78 is 12.5. The van der Waals surface area contributed by atoms with Gasteiger partial charge in [0.2, 0.25) is 0 Å². The Morgan fingerprint density at radius 2 is 1.84 bits per heavy atom. The van der Waals surface area contributed by atoms with E-state index in [0.717, 1.165) is 60.8 Å². The predicted octanol–water partition coefficient (Wildman–Crippen LogP) is 4.16. The molecule has 8 heteroatoms. The fourth-order valence-corrected chi connectivity index (χ4v) is 4.79. The second kappa shape index (κ2) is 8.90. The number of rotatable bonds is 10. The zero-order valence-electron chi connectivity index (χ0n) is 18.2. The van der Waals surface area contributed by atoms with Gasteiger partial charge in [-0.2, -0.15) is 10.2 Å². The minimum Gasteiger partial charge on any atom is -0.491 e. The lowest BCUT2D eigenvalue weighted by molar-refractivity contribution is 0.0000873. The predicted molar refractivity (Wildman–Crippen MR) is 119 cm³/mol. The van der Waals surface area contributed by atoms with Crippen LogP contribution in [0.5, 0.6) is 0 Å². The summed E-state index contributed by atoms with van der Waals surface area (Å²) in [5, 5.41) is 14.5. The molecule has 8 nitrogen and oxygen atoms in total. The summed E-state index contributed by atoms with van der Waals surface area (Å²) in [4.78, 5) is 7.59. The first-order valence-electron chi connectivity index (χ1n) is 11.1. The number of hydrogen-bond acceptors (Lipinski definition) is 5. The van der Waals surface area contributed by atoms with Crippen molar-refractivity contribution in [2.75, 3.05) is 0 Å². The zero-order chi connectivity index (χ0) is 21.8. The van der Waals surface area contributed by atoms with Gasteiger partial charge in [0.15, 0.2) is 0 Å². The number of ether oxygens (including phenoxy) is 1. The van der Waals surface area contributed by atoms with Crippen LogP contribution in [0.15, 0.2) is 71.1 Å². The summed E-state index contributed by atoms with van der Waals surface area (Å²) in [6.45, 7) is 2.21. The van der Waals surface area contributed by atoms with Crippen molar-refractivity contribution in [3.05, 3.63) is 89.6 Å². The summed E-state index contributed by atoms with van der Waals surface area (Å²) in [6.07, 6.45) is 13.9. The molecule has 0 aromatic carbocycles. The average Bonchev–Trinajstić information content (AvgIpc) is 3.59. The molecule has 0 bridgehead atoms. The number of aromatic nitrogens is 6. The molecular weight excluding hydrogens is 404 g/mol. The van der Waals surface area contributed by atoms with Crippen LogP contribution in [0, 0.1) is 5.92 Å². The molecule has 166 valence electrons. The standard InChI is InChI=1S/C24H28N6O2/c1-24(16-19-3-2-14-31-19)21(5-4-17-8-10-27-29-17)20(15-18-9-11-28-30-18)22(32-24)6-7-23-25-12-13-26-23/h2-3,8-14,21H,4-7,15-16H2,1H3,(H,25,26)(H,27,29)(H,28,30). The maximum atomic E-state index is 6.78. The van der Waals surface area contributed by atoms with Gasteiger partial charge in [0.25, 0.3) is 0 Å². The van der Waals surface area contributed by atoms with Crippen molar-refractivity contribution in [1.82, 2.24) is 30.4 Å². The van der Waals surface area contributed by atoms with Crippen LogP contribution in [-0.2, 0) is 30.4 Å². The number of allylic oxidation sites excluding steroid dienone is 1. The normalized spacial score (nSPS) is 20.7. The average molecular weight is 433 g/mol. The number of furan rings is 1. The number of aryl methyl sites for hydroxylation is 2. The molecule has 32 heavy (non-hydrogen) atoms. The monoisotopic (exact) mass is 432 g/mol. The molecule has 5 rings (SSSR count). The van der Waals surface area contributed by atoms with Crippen molar-refractivity contribution in [1.29, 1.82) is 0 Å². The Hall–Kier alpha value is -3.55. The van der Waals surface area contributed by atoms with Gasteiger partial charge in [-0.25, -0.2) is 4.98 Å². The van der Waals surface area contributed by atoms with Crippen molar-refractivity contribution in [3.8, 4) is 0 Å². The Balaban J connectivity index is 1.45. The van der Waals surface area contributed by atoms with Crippen LogP contribution < -0.4 is 0 Å². The first-order chi connectivity index (χ1) is 15.7. The number of imidazole rings is 1. The minimum atomic E-state index is -0.397. The van der Waals surface area contributed by atoms with Gasteiger partial charge in [-0.3, -0.25) is 10.2 Å². The van der Waals surface area contributed by atoms with E-state index in [0.29, 0.717) is 6.42 Å². The molecule has 5 heterocycles. The lowest BCUT2D eigenvalue weighted by Gasteiger charge is -2.32. The van der Waals surface area contributed by atoms with Gasteiger partial charge < -0.3 is 14.1 Å². The van der Waals surface area contributed by atoms with E-state index in [4.69, 9.17) is 9.15 Å². The van der Waals surface area contributed by atoms with Crippen molar-refractivity contribution in [2.45, 2.75) is 51.0 Å². The molecule has 0 saturated carbocycles. The molecule has 1 aliphatic heterocycles. The summed E-state index contributed by atoms with van der Waals surface area (Å²) in [5.74, 6) is 3.19. The smallest absolute Gasteiger partial charge is 0.119 e. The highest BCUT2D eigenvalue weighted by Gasteiger charge is 2.46. The Bertz CT molecular complexity index is 1110. The topological polar surface area (TPSA) is 108 Å². The first-order valence-corrected chi connectivity index (χ1v) is 11.1. The largest absolute Gasteiger partial charge is 0.491 e. The molecule has 0 saturated heterocycles. The summed E-state index contributed by atoms with van der Waals surface area (Å²) >= 11 is 0. The van der Waals surface area contributed by atoms with Gasteiger partial charge in [-0.05, 0) is 49.6 Å². The van der Waals surface area contributed by atoms with E-state index in [1.165, 1.54) is 5.57 Å². The molecule has 0 fully saturated rings. The molecule has 1 aliphatic rings. The second-order valence-electron chi connectivity index (χ2n) is 8.59. The number of hydrogen-bond donors (Lipinski definition) is 3. The molecule has 0 aliphatic carbocycles. The fourth-order valence-electron chi connectivity index (χ4n) is 4.79. The van der Waals surface area contributed by atoms with E-state index in [1.54, 1.807) is 24.9 Å². The van der Waals surface area contributed by atoms with Gasteiger partial charge in [0.1, 0.15) is 17.2 Å². The third-order valence-electron chi connectivity index (χ3n) is 6.32. The molecular formula is C24H28N6O2. The van der Waals surface area contributed by atoms with E-state index < -0.39 is 5.60 Å². The van der Waals surface area contributed by atoms with Crippen LogP contribution in [0.25, 0.3) is 0 Å². The molecule has 0 amide bonds. The lowest BCUT2D eigenvalue weighted by Crippen LogP contribution is -2.36. The highest BCUT2D eigenvalue weighted by Crippen LogP contribution is 2.46. The van der Waals surface area contributed by atoms with Gasteiger partial charge in [0, 0.05) is 67.8 Å². The Morgan fingerprint density at radius 3 is 2.53 bits per heavy atom. The van der Waals surface area contributed by atoms with E-state index in [1.807, 2.05) is 30.5 Å². The van der Waals surface area contributed by atoms with Gasteiger partial charge in [0.05, 0.1) is 12.0 Å². The van der Waals surface area contributed by atoms with Gasteiger partial charge in [-0.1, -0.05) is 0 Å². The molecule has 3 N–H and O–H groups in total. The Morgan fingerprint density at radius 1 is 1.00 bits per heavy atom. The quantitative estimate of drug-likeness (QED) is 0.349. The lowest BCUT2D eigenvalue weighted by atomic mass is 9.77. The molecule has 2 atom stereocenters. The van der Waals surface area contributed by atoms with Crippen molar-refractivity contribution in [2.24, 2.45) is 5.92 Å². The van der Waals surface area contributed by atoms with Crippen LogP contribution in [0.3, 0.4) is 0 Å². The molecule has 4 aromatic heterocycles. The van der Waals surface area contributed by atoms with Crippen LogP contribution in [-0.4, -0.2) is 36.0 Å². The van der Waals surface area contributed by atoms with Crippen LogP contribution in [0.2, 0.25) is 0 Å². The maximum Gasteiger partial charge on any atom is 0.119 e. The highest BCUT2D eigenvalue weighted by atomic mass is 16.5. The number of nitrogens with zero attached hydrogens (tertiary/aromatic N) is 3. The van der Waals surface area contributed by atoms with Crippen LogP contribution in [0.1, 0.15) is 42.7 Å².